The lowest BCUT2D eigenvalue weighted by molar-refractivity contribution is 1.32. The summed E-state index contributed by atoms with van der Waals surface area (Å²) in [4.78, 5) is 20.7. The molecule has 4 aromatic carbocycles. The number of aliphatic imine (C=N–C) groups is 2. The summed E-state index contributed by atoms with van der Waals surface area (Å²) in [7, 11) is -2.58. The number of hydrogen-bond donors (Lipinski definition) is 0. The Morgan fingerprint density at radius 1 is 0.486 bits per heavy atom. The summed E-state index contributed by atoms with van der Waals surface area (Å²) >= 11 is 0. The van der Waals surface area contributed by atoms with Crippen LogP contribution < -0.4 is 0 Å². The molecule has 0 spiro atoms. The first-order valence-corrected chi connectivity index (χ1v) is 15.5. The molecule has 37 heavy (non-hydrogen) atoms. The van der Waals surface area contributed by atoms with Gasteiger partial charge in [0.15, 0.2) is 0 Å². The summed E-state index contributed by atoms with van der Waals surface area (Å²) in [6.45, 7) is 12.6. The number of hydrogen-bond acceptors (Lipinski definition) is 2. The van der Waals surface area contributed by atoms with Gasteiger partial charge in [0.1, 0.15) is 0 Å². The standard InChI is InChI=1S/C32H34N4Si/c1-23-15-13-16-24(2)29(23)33-31(27-19-9-7-10-20-27)35-37(5,6)36-32(28-21-11-8-12-22-28)34-30-25(3)17-14-18-26(30)4/h7-22H,1-6H3/q-2. The van der Waals surface area contributed by atoms with Crippen LogP contribution in [0.2, 0.25) is 13.1 Å². The normalized spacial score (nSPS) is 12.4. The molecule has 0 aliphatic heterocycles. The smallest absolute Gasteiger partial charge is 0.0460 e. The second-order valence-electron chi connectivity index (χ2n) is 9.80. The van der Waals surface area contributed by atoms with Crippen molar-refractivity contribution in [2.75, 3.05) is 0 Å². The van der Waals surface area contributed by atoms with Gasteiger partial charge in [0.25, 0.3) is 0 Å². The Morgan fingerprint density at radius 3 is 1.14 bits per heavy atom. The first-order chi connectivity index (χ1) is 17.7. The molecular weight excluding hydrogens is 468 g/mol. The van der Waals surface area contributed by atoms with Gasteiger partial charge in [-0.15, -0.1) is 0 Å². The van der Waals surface area contributed by atoms with Gasteiger partial charge in [0, 0.05) is 8.40 Å². The van der Waals surface area contributed by atoms with Gasteiger partial charge < -0.3 is 19.9 Å². The third kappa shape index (κ3) is 6.63. The van der Waals surface area contributed by atoms with Crippen LogP contribution in [0.1, 0.15) is 33.4 Å². The lowest BCUT2D eigenvalue weighted by Crippen LogP contribution is -2.30. The molecule has 0 aliphatic carbocycles. The third-order valence-electron chi connectivity index (χ3n) is 6.14. The van der Waals surface area contributed by atoms with Crippen LogP contribution in [0.4, 0.5) is 11.4 Å². The van der Waals surface area contributed by atoms with Crippen LogP contribution in [0, 0.1) is 27.7 Å². The molecule has 4 aromatic rings. The molecule has 5 heteroatoms. The number of benzene rings is 4. The van der Waals surface area contributed by atoms with Gasteiger partial charge in [-0.25, -0.2) is 0 Å². The van der Waals surface area contributed by atoms with E-state index in [1.54, 1.807) is 0 Å². The van der Waals surface area contributed by atoms with Crippen molar-refractivity contribution >= 4 is 31.4 Å². The summed E-state index contributed by atoms with van der Waals surface area (Å²) in [6, 6.07) is 32.8. The molecule has 0 amide bonds. The SMILES string of the molecule is Cc1cccc(C)c1N=C([N-][Si](C)(C)[N-]C(=Nc1c(C)cccc1C)c1ccccc1)c1ccccc1. The fourth-order valence-corrected chi connectivity index (χ4v) is 5.65. The Balaban J connectivity index is 1.76. The average Bonchev–Trinajstić information content (AvgIpc) is 2.88. The van der Waals surface area contributed by atoms with E-state index in [2.05, 4.69) is 101 Å². The zero-order valence-corrected chi connectivity index (χ0v) is 23.5. The maximum Gasteiger partial charge on any atom is 0.0460 e. The van der Waals surface area contributed by atoms with Crippen LogP contribution in [0.5, 0.6) is 0 Å². The van der Waals surface area contributed by atoms with Crippen molar-refractivity contribution in [2.45, 2.75) is 40.8 Å². The minimum Gasteiger partial charge on any atom is -0.473 e. The van der Waals surface area contributed by atoms with Crippen molar-refractivity contribution < 1.29 is 0 Å². The molecule has 0 bridgehead atoms. The first kappa shape index (κ1) is 26.1. The molecule has 0 aromatic heterocycles. The Hall–Kier alpha value is -3.96. The lowest BCUT2D eigenvalue weighted by Gasteiger charge is -2.42. The summed E-state index contributed by atoms with van der Waals surface area (Å²) in [5, 5.41) is 0. The molecular formula is C32H34N4Si-2. The topological polar surface area (TPSA) is 52.9 Å². The fraction of sp³-hybridized carbons (Fsp3) is 0.188. The van der Waals surface area contributed by atoms with Crippen LogP contribution in [-0.2, 0) is 0 Å². The second kappa shape index (κ2) is 11.4. The zero-order valence-electron chi connectivity index (χ0n) is 22.5. The largest absolute Gasteiger partial charge is 0.473 e. The summed E-state index contributed by atoms with van der Waals surface area (Å²) in [5.74, 6) is 1.41. The van der Waals surface area contributed by atoms with E-state index in [-0.39, 0.29) is 0 Å². The Bertz CT molecular complexity index is 1270. The number of amidine groups is 2. The predicted octanol–water partition coefficient (Wildman–Crippen LogP) is 9.23. The maximum absolute atomic E-state index is 5.25. The van der Waals surface area contributed by atoms with Crippen LogP contribution >= 0.6 is 0 Å². The van der Waals surface area contributed by atoms with Crippen molar-refractivity contribution in [3.63, 3.8) is 0 Å². The minimum atomic E-state index is -2.58. The van der Waals surface area contributed by atoms with E-state index < -0.39 is 8.40 Å². The van der Waals surface area contributed by atoms with Gasteiger partial charge in [-0.3, -0.25) is 0 Å². The molecule has 0 unspecified atom stereocenters. The molecule has 188 valence electrons. The molecule has 0 N–H and O–H groups in total. The van der Waals surface area contributed by atoms with Gasteiger partial charge in [-0.2, -0.15) is 0 Å². The number of aryl methyl sites for hydroxylation is 4. The highest BCUT2D eigenvalue weighted by atomic mass is 28.3. The molecule has 0 saturated heterocycles. The van der Waals surface area contributed by atoms with Crippen molar-refractivity contribution in [3.8, 4) is 0 Å². The molecule has 0 radical (unpaired) electrons. The van der Waals surface area contributed by atoms with Crippen LogP contribution in [-0.4, -0.2) is 20.1 Å². The highest BCUT2D eigenvalue weighted by molar-refractivity contribution is 6.93. The second-order valence-corrected chi connectivity index (χ2v) is 13.2. The Kier molecular flexibility index (Phi) is 8.04. The van der Waals surface area contributed by atoms with E-state index in [1.165, 1.54) is 0 Å². The van der Waals surface area contributed by atoms with Crippen molar-refractivity contribution in [1.82, 2.24) is 0 Å². The van der Waals surface area contributed by atoms with E-state index in [1.807, 2.05) is 36.4 Å². The van der Waals surface area contributed by atoms with E-state index in [0.29, 0.717) is 11.7 Å². The van der Waals surface area contributed by atoms with Crippen LogP contribution in [0.25, 0.3) is 9.96 Å². The molecule has 0 fully saturated rings. The molecule has 0 atom stereocenters. The van der Waals surface area contributed by atoms with Gasteiger partial charge in [-0.05, 0) is 72.5 Å². The van der Waals surface area contributed by atoms with E-state index in [4.69, 9.17) is 19.9 Å². The number of rotatable bonds is 6. The van der Waals surface area contributed by atoms with E-state index in [9.17, 15) is 0 Å². The van der Waals surface area contributed by atoms with Gasteiger partial charge in [0.05, 0.1) is 0 Å². The lowest BCUT2D eigenvalue weighted by atomic mass is 10.1. The number of nitrogens with zero attached hydrogens (tertiary/aromatic N) is 4. The summed E-state index contributed by atoms with van der Waals surface area (Å²) in [5.41, 5.74) is 8.39. The van der Waals surface area contributed by atoms with Gasteiger partial charge in [0.2, 0.25) is 0 Å². The third-order valence-corrected chi connectivity index (χ3v) is 7.66. The zero-order chi connectivity index (χ0) is 26.4. The quantitative estimate of drug-likeness (QED) is 0.143. The van der Waals surface area contributed by atoms with E-state index in [0.717, 1.165) is 44.8 Å². The number of para-hydroxylation sites is 2. The van der Waals surface area contributed by atoms with E-state index >= 15 is 0 Å². The molecule has 0 saturated carbocycles. The Morgan fingerprint density at radius 2 is 0.811 bits per heavy atom. The first-order valence-electron chi connectivity index (χ1n) is 12.6. The van der Waals surface area contributed by atoms with Crippen LogP contribution in [0.3, 0.4) is 0 Å². The molecule has 0 aliphatic rings. The Labute approximate surface area is 222 Å². The minimum absolute atomic E-state index is 0.706. The van der Waals surface area contributed by atoms with Gasteiger partial charge in [-0.1, -0.05) is 122 Å². The fourth-order valence-electron chi connectivity index (χ4n) is 4.20. The predicted molar refractivity (Wildman–Crippen MR) is 161 cm³/mol. The average molecular weight is 503 g/mol. The van der Waals surface area contributed by atoms with Crippen LogP contribution in [0.15, 0.2) is 107 Å². The summed E-state index contributed by atoms with van der Waals surface area (Å²) in [6.07, 6.45) is 0. The monoisotopic (exact) mass is 502 g/mol. The van der Waals surface area contributed by atoms with Gasteiger partial charge >= 0.3 is 0 Å². The maximum atomic E-state index is 5.25. The van der Waals surface area contributed by atoms with Crippen molar-refractivity contribution in [3.05, 3.63) is 140 Å². The summed E-state index contributed by atoms with van der Waals surface area (Å²) < 4.78 is 0. The highest BCUT2D eigenvalue weighted by Gasteiger charge is 2.14. The molecule has 0 heterocycles. The molecule has 4 nitrogen and oxygen atoms in total. The molecule has 4 rings (SSSR count). The van der Waals surface area contributed by atoms with Crippen molar-refractivity contribution in [2.24, 2.45) is 9.98 Å². The highest BCUT2D eigenvalue weighted by Crippen LogP contribution is 2.31. The van der Waals surface area contributed by atoms with Crippen molar-refractivity contribution in [1.29, 1.82) is 0 Å².